The first-order chi connectivity index (χ1) is 9.79. The molecule has 0 saturated heterocycles. The van der Waals surface area contributed by atoms with Crippen LogP contribution in [-0.2, 0) is 6.42 Å². The van der Waals surface area contributed by atoms with Gasteiger partial charge in [-0.25, -0.2) is 0 Å². The quantitative estimate of drug-likeness (QED) is 0.410. The van der Waals surface area contributed by atoms with Gasteiger partial charge in [-0.05, 0) is 29.3 Å². The van der Waals surface area contributed by atoms with Crippen LogP contribution in [0.4, 0.5) is 0 Å². The summed E-state index contributed by atoms with van der Waals surface area (Å²) < 4.78 is 0. The Kier molecular flexibility index (Phi) is 8.94. The van der Waals surface area contributed by atoms with Gasteiger partial charge in [0, 0.05) is 35.8 Å². The Bertz CT molecular complexity index is 509. The van der Waals surface area contributed by atoms with Gasteiger partial charge in [-0.3, -0.25) is 4.99 Å². The van der Waals surface area contributed by atoms with Crippen molar-refractivity contribution < 1.29 is 0 Å². The average Bonchev–Trinajstić information content (AvgIpc) is 3.14. The Morgan fingerprint density at radius 3 is 2.57 bits per heavy atom. The second-order valence-corrected chi connectivity index (χ2v) is 6.64. The van der Waals surface area contributed by atoms with Crippen molar-refractivity contribution in [1.82, 2.24) is 10.6 Å². The molecule has 6 heteroatoms. The minimum absolute atomic E-state index is 0. The van der Waals surface area contributed by atoms with E-state index in [1.807, 2.05) is 18.4 Å². The first-order valence-corrected chi connectivity index (χ1v) is 8.56. The van der Waals surface area contributed by atoms with Gasteiger partial charge in [-0.15, -0.1) is 46.7 Å². The van der Waals surface area contributed by atoms with Crippen LogP contribution in [0.2, 0.25) is 0 Å². The van der Waals surface area contributed by atoms with Crippen molar-refractivity contribution in [3.05, 3.63) is 44.8 Å². The summed E-state index contributed by atoms with van der Waals surface area (Å²) in [4.78, 5) is 7.07. The molecule has 0 amide bonds. The molecule has 0 aliphatic rings. The lowest BCUT2D eigenvalue weighted by molar-refractivity contribution is 0.707. The highest BCUT2D eigenvalue weighted by atomic mass is 127. The fraction of sp³-hybridized carbons (Fsp3) is 0.400. The van der Waals surface area contributed by atoms with Crippen molar-refractivity contribution in [2.24, 2.45) is 4.99 Å². The van der Waals surface area contributed by atoms with E-state index in [0.29, 0.717) is 5.92 Å². The molecule has 0 bridgehead atoms. The number of hydrogen-bond donors (Lipinski definition) is 2. The molecule has 0 radical (unpaired) electrons. The van der Waals surface area contributed by atoms with E-state index in [1.54, 1.807) is 11.3 Å². The van der Waals surface area contributed by atoms with Crippen LogP contribution in [0, 0.1) is 0 Å². The lowest BCUT2D eigenvalue weighted by atomic mass is 10.1. The van der Waals surface area contributed by atoms with Gasteiger partial charge >= 0.3 is 0 Å². The molecule has 3 nitrogen and oxygen atoms in total. The SMILES string of the molecule is CN=C(NCCc1cccs1)NCC(C)c1cccs1.I. The number of hydrogen-bond acceptors (Lipinski definition) is 3. The van der Waals surface area contributed by atoms with E-state index in [-0.39, 0.29) is 24.0 Å². The highest BCUT2D eigenvalue weighted by molar-refractivity contribution is 14.0. The summed E-state index contributed by atoms with van der Waals surface area (Å²) in [5, 5.41) is 11.0. The van der Waals surface area contributed by atoms with Crippen molar-refractivity contribution >= 4 is 52.6 Å². The molecule has 0 aliphatic carbocycles. The first-order valence-electron chi connectivity index (χ1n) is 6.80. The number of thiophene rings is 2. The molecule has 116 valence electrons. The molecular weight excluding hydrogens is 413 g/mol. The molecule has 0 aliphatic heterocycles. The van der Waals surface area contributed by atoms with Crippen LogP contribution in [0.1, 0.15) is 22.6 Å². The third-order valence-corrected chi connectivity index (χ3v) is 5.11. The van der Waals surface area contributed by atoms with Crippen LogP contribution in [0.25, 0.3) is 0 Å². The highest BCUT2D eigenvalue weighted by Crippen LogP contribution is 2.19. The Balaban J connectivity index is 0.00000220. The number of rotatable bonds is 6. The number of guanidine groups is 1. The number of nitrogens with zero attached hydrogens (tertiary/aromatic N) is 1. The average molecular weight is 435 g/mol. The van der Waals surface area contributed by atoms with Gasteiger partial charge in [0.05, 0.1) is 0 Å². The van der Waals surface area contributed by atoms with Gasteiger partial charge in [0.1, 0.15) is 0 Å². The van der Waals surface area contributed by atoms with Gasteiger partial charge in [-0.1, -0.05) is 19.1 Å². The predicted molar refractivity (Wildman–Crippen MR) is 106 cm³/mol. The summed E-state index contributed by atoms with van der Waals surface area (Å²) in [5.74, 6) is 1.39. The molecule has 2 heterocycles. The molecule has 2 aromatic rings. The van der Waals surface area contributed by atoms with E-state index in [4.69, 9.17) is 0 Å². The highest BCUT2D eigenvalue weighted by Gasteiger charge is 2.07. The molecule has 21 heavy (non-hydrogen) atoms. The Morgan fingerprint density at radius 2 is 1.95 bits per heavy atom. The molecule has 2 N–H and O–H groups in total. The molecule has 2 aromatic heterocycles. The zero-order valence-electron chi connectivity index (χ0n) is 12.3. The zero-order valence-corrected chi connectivity index (χ0v) is 16.3. The van der Waals surface area contributed by atoms with Gasteiger partial charge in [0.15, 0.2) is 5.96 Å². The minimum atomic E-state index is 0. The second-order valence-electron chi connectivity index (χ2n) is 4.63. The maximum absolute atomic E-state index is 4.26. The largest absolute Gasteiger partial charge is 0.356 e. The molecule has 0 saturated carbocycles. The van der Waals surface area contributed by atoms with Crippen LogP contribution in [0.3, 0.4) is 0 Å². The Labute approximate surface area is 151 Å². The van der Waals surface area contributed by atoms with Crippen LogP contribution >= 0.6 is 46.7 Å². The lowest BCUT2D eigenvalue weighted by Crippen LogP contribution is -2.39. The summed E-state index contributed by atoms with van der Waals surface area (Å²) in [6, 6.07) is 8.55. The number of nitrogens with one attached hydrogen (secondary N) is 2. The smallest absolute Gasteiger partial charge is 0.191 e. The van der Waals surface area contributed by atoms with Gasteiger partial charge in [-0.2, -0.15) is 0 Å². The summed E-state index contributed by atoms with van der Waals surface area (Å²) in [5.41, 5.74) is 0. The van der Waals surface area contributed by atoms with E-state index in [9.17, 15) is 0 Å². The van der Waals surface area contributed by atoms with E-state index in [0.717, 1.165) is 25.5 Å². The maximum atomic E-state index is 4.26. The van der Waals surface area contributed by atoms with Crippen molar-refractivity contribution in [2.45, 2.75) is 19.3 Å². The molecule has 0 spiro atoms. The van der Waals surface area contributed by atoms with Crippen LogP contribution in [-0.4, -0.2) is 26.1 Å². The third-order valence-electron chi connectivity index (χ3n) is 3.07. The number of halogens is 1. The maximum Gasteiger partial charge on any atom is 0.191 e. The summed E-state index contributed by atoms with van der Waals surface area (Å²) in [6.07, 6.45) is 1.04. The molecule has 0 fully saturated rings. The second kappa shape index (κ2) is 10.2. The van der Waals surface area contributed by atoms with Crippen molar-refractivity contribution in [3.8, 4) is 0 Å². The van der Waals surface area contributed by atoms with E-state index < -0.39 is 0 Å². The topological polar surface area (TPSA) is 36.4 Å². The molecule has 2 rings (SSSR count). The minimum Gasteiger partial charge on any atom is -0.356 e. The monoisotopic (exact) mass is 435 g/mol. The molecule has 1 atom stereocenters. The molecule has 1 unspecified atom stereocenters. The molecular formula is C15H22IN3S2. The van der Waals surface area contributed by atoms with E-state index in [1.165, 1.54) is 9.75 Å². The summed E-state index contributed by atoms with van der Waals surface area (Å²) in [7, 11) is 1.82. The van der Waals surface area contributed by atoms with Crippen molar-refractivity contribution in [1.29, 1.82) is 0 Å². The standard InChI is InChI=1S/C15H21N3S2.HI/c1-12(14-6-4-10-20-14)11-18-15(16-2)17-8-7-13-5-3-9-19-13;/h3-6,9-10,12H,7-8,11H2,1-2H3,(H2,16,17,18);1H. The Morgan fingerprint density at radius 1 is 1.19 bits per heavy atom. The van der Waals surface area contributed by atoms with Crippen LogP contribution in [0.15, 0.2) is 40.0 Å². The fourth-order valence-electron chi connectivity index (χ4n) is 1.90. The number of aliphatic imine (C=N–C) groups is 1. The fourth-order valence-corrected chi connectivity index (χ4v) is 3.40. The van der Waals surface area contributed by atoms with Gasteiger partial charge in [0.2, 0.25) is 0 Å². The van der Waals surface area contributed by atoms with Crippen LogP contribution in [0.5, 0.6) is 0 Å². The predicted octanol–water partition coefficient (Wildman–Crippen LogP) is 3.94. The lowest BCUT2D eigenvalue weighted by Gasteiger charge is -2.15. The van der Waals surface area contributed by atoms with Crippen molar-refractivity contribution in [3.63, 3.8) is 0 Å². The molecule has 0 aromatic carbocycles. The zero-order chi connectivity index (χ0) is 14.2. The van der Waals surface area contributed by atoms with Gasteiger partial charge in [0.25, 0.3) is 0 Å². The van der Waals surface area contributed by atoms with Crippen LogP contribution < -0.4 is 10.6 Å². The van der Waals surface area contributed by atoms with E-state index >= 15 is 0 Å². The normalized spacial score (nSPS) is 12.6. The summed E-state index contributed by atoms with van der Waals surface area (Å²) >= 11 is 3.61. The summed E-state index contributed by atoms with van der Waals surface area (Å²) in [6.45, 7) is 4.05. The van der Waals surface area contributed by atoms with Crippen molar-refractivity contribution in [2.75, 3.05) is 20.1 Å². The Hall–Kier alpha value is -0.600. The van der Waals surface area contributed by atoms with E-state index in [2.05, 4.69) is 57.6 Å². The van der Waals surface area contributed by atoms with Gasteiger partial charge < -0.3 is 10.6 Å². The first kappa shape index (κ1) is 18.4. The third kappa shape index (κ3) is 6.36.